The van der Waals surface area contributed by atoms with Crippen molar-refractivity contribution in [1.29, 1.82) is 0 Å². The largest absolute Gasteiger partial charge is 0.438 e. The van der Waals surface area contributed by atoms with Crippen LogP contribution in [0.2, 0.25) is 0 Å². The number of hydrogen-bond acceptors (Lipinski definition) is 4. The smallest absolute Gasteiger partial charge is 0.231 e. The molecular weight excluding hydrogens is 526 g/mol. The Kier molecular flexibility index (Phi) is 6.08. The van der Waals surface area contributed by atoms with Gasteiger partial charge in [0.1, 0.15) is 5.58 Å². The molecule has 0 bridgehead atoms. The lowest BCUT2D eigenvalue weighted by molar-refractivity contribution is 0.653. The standard InChI is InChI=1S/C39H25N3O/c1-4-13-26(14-5-1)31-24-33(27-15-6-2-7-16-27)40-34(25-31)29-19-12-20-30(23-29)38-41-37(28-17-8-3-9-18-28)36-32-21-10-11-22-35(32)43-39(36)42-38/h1-25H. The van der Waals surface area contributed by atoms with E-state index in [1.807, 2.05) is 72.8 Å². The van der Waals surface area contributed by atoms with Gasteiger partial charge in [0.05, 0.1) is 22.5 Å². The van der Waals surface area contributed by atoms with Crippen LogP contribution in [0.5, 0.6) is 0 Å². The van der Waals surface area contributed by atoms with Crippen LogP contribution < -0.4 is 0 Å². The van der Waals surface area contributed by atoms with Gasteiger partial charge in [-0.25, -0.2) is 9.97 Å². The van der Waals surface area contributed by atoms with Crippen molar-refractivity contribution in [3.63, 3.8) is 0 Å². The van der Waals surface area contributed by atoms with Crippen molar-refractivity contribution in [2.75, 3.05) is 0 Å². The summed E-state index contributed by atoms with van der Waals surface area (Å²) in [7, 11) is 0. The number of benzene rings is 5. The zero-order chi connectivity index (χ0) is 28.6. The lowest BCUT2D eigenvalue weighted by Gasteiger charge is -2.11. The fourth-order valence-electron chi connectivity index (χ4n) is 5.61. The predicted octanol–water partition coefficient (Wildman–Crippen LogP) is 10.1. The van der Waals surface area contributed by atoms with Crippen LogP contribution in [0.15, 0.2) is 156 Å². The molecule has 0 unspecified atom stereocenters. The molecule has 3 aromatic heterocycles. The van der Waals surface area contributed by atoms with Crippen LogP contribution >= 0.6 is 0 Å². The Morgan fingerprint density at radius 2 is 0.977 bits per heavy atom. The molecule has 0 fully saturated rings. The Hall–Kier alpha value is -5.87. The second-order valence-electron chi connectivity index (χ2n) is 10.5. The highest BCUT2D eigenvalue weighted by Gasteiger charge is 2.18. The summed E-state index contributed by atoms with van der Waals surface area (Å²) in [4.78, 5) is 15.2. The maximum atomic E-state index is 6.26. The van der Waals surface area contributed by atoms with E-state index in [0.717, 1.165) is 66.8 Å². The molecule has 5 aromatic carbocycles. The number of aromatic nitrogens is 3. The van der Waals surface area contributed by atoms with Crippen molar-refractivity contribution in [1.82, 2.24) is 15.0 Å². The van der Waals surface area contributed by atoms with Gasteiger partial charge in [-0.2, -0.15) is 4.98 Å². The molecule has 0 saturated carbocycles. The number of rotatable bonds is 5. The van der Waals surface area contributed by atoms with E-state index in [2.05, 4.69) is 78.9 Å². The number of para-hydroxylation sites is 1. The minimum atomic E-state index is 0.575. The van der Waals surface area contributed by atoms with Crippen molar-refractivity contribution >= 4 is 22.1 Å². The van der Waals surface area contributed by atoms with Gasteiger partial charge >= 0.3 is 0 Å². The normalized spacial score (nSPS) is 11.3. The van der Waals surface area contributed by atoms with Crippen LogP contribution in [0.1, 0.15) is 0 Å². The molecule has 0 N–H and O–H groups in total. The Morgan fingerprint density at radius 3 is 1.72 bits per heavy atom. The summed E-state index contributed by atoms with van der Waals surface area (Å²) in [6.07, 6.45) is 0. The van der Waals surface area contributed by atoms with E-state index in [4.69, 9.17) is 19.4 Å². The van der Waals surface area contributed by atoms with Crippen LogP contribution in [0.3, 0.4) is 0 Å². The highest BCUT2D eigenvalue weighted by atomic mass is 16.3. The molecule has 0 radical (unpaired) electrons. The van der Waals surface area contributed by atoms with Gasteiger partial charge in [0.25, 0.3) is 0 Å². The van der Waals surface area contributed by atoms with Crippen molar-refractivity contribution in [2.45, 2.75) is 0 Å². The van der Waals surface area contributed by atoms with E-state index >= 15 is 0 Å². The van der Waals surface area contributed by atoms with Crippen molar-refractivity contribution in [3.8, 4) is 56.3 Å². The molecule has 0 aliphatic heterocycles. The number of pyridine rings is 1. The minimum absolute atomic E-state index is 0.575. The molecule has 202 valence electrons. The first-order chi connectivity index (χ1) is 21.3. The lowest BCUT2D eigenvalue weighted by atomic mass is 9.99. The highest BCUT2D eigenvalue weighted by molar-refractivity contribution is 6.10. The third-order valence-electron chi connectivity index (χ3n) is 7.70. The molecule has 3 heterocycles. The van der Waals surface area contributed by atoms with E-state index in [0.29, 0.717) is 11.5 Å². The van der Waals surface area contributed by atoms with Crippen LogP contribution in [0.4, 0.5) is 0 Å². The van der Waals surface area contributed by atoms with Crippen LogP contribution in [0.25, 0.3) is 78.4 Å². The molecule has 0 spiro atoms. The van der Waals surface area contributed by atoms with E-state index in [-0.39, 0.29) is 0 Å². The molecule has 0 saturated heterocycles. The van der Waals surface area contributed by atoms with Gasteiger partial charge < -0.3 is 4.42 Å². The maximum absolute atomic E-state index is 6.26. The Morgan fingerprint density at radius 1 is 0.395 bits per heavy atom. The summed E-state index contributed by atoms with van der Waals surface area (Å²) in [6.45, 7) is 0. The average molecular weight is 552 g/mol. The molecule has 0 amide bonds. The second kappa shape index (κ2) is 10.5. The summed E-state index contributed by atoms with van der Waals surface area (Å²) in [5, 5.41) is 1.93. The molecule has 0 atom stereocenters. The van der Waals surface area contributed by atoms with Crippen LogP contribution in [-0.2, 0) is 0 Å². The van der Waals surface area contributed by atoms with E-state index in [1.165, 1.54) is 0 Å². The summed E-state index contributed by atoms with van der Waals surface area (Å²) >= 11 is 0. The predicted molar refractivity (Wildman–Crippen MR) is 174 cm³/mol. The Balaban J connectivity index is 1.30. The third-order valence-corrected chi connectivity index (χ3v) is 7.70. The van der Waals surface area contributed by atoms with Gasteiger partial charge in [0.15, 0.2) is 5.82 Å². The monoisotopic (exact) mass is 551 g/mol. The molecule has 8 rings (SSSR count). The zero-order valence-corrected chi connectivity index (χ0v) is 23.2. The second-order valence-corrected chi connectivity index (χ2v) is 10.5. The number of fused-ring (bicyclic) bond motifs is 3. The van der Waals surface area contributed by atoms with Crippen LogP contribution in [-0.4, -0.2) is 15.0 Å². The Labute approximate surface area is 249 Å². The third kappa shape index (κ3) is 4.65. The van der Waals surface area contributed by atoms with Gasteiger partial charge in [-0.1, -0.05) is 127 Å². The topological polar surface area (TPSA) is 51.8 Å². The molecule has 4 nitrogen and oxygen atoms in total. The van der Waals surface area contributed by atoms with Gasteiger partial charge in [-0.15, -0.1) is 0 Å². The molecule has 0 aliphatic carbocycles. The lowest BCUT2D eigenvalue weighted by Crippen LogP contribution is -1.95. The first kappa shape index (κ1) is 24.9. The maximum Gasteiger partial charge on any atom is 0.231 e. The molecule has 43 heavy (non-hydrogen) atoms. The van der Waals surface area contributed by atoms with Crippen molar-refractivity contribution < 1.29 is 4.42 Å². The molecular formula is C39H25N3O. The summed E-state index contributed by atoms with van der Waals surface area (Å²) in [5.74, 6) is 0.606. The number of hydrogen-bond donors (Lipinski definition) is 0. The van der Waals surface area contributed by atoms with E-state index < -0.39 is 0 Å². The fourth-order valence-corrected chi connectivity index (χ4v) is 5.61. The van der Waals surface area contributed by atoms with Gasteiger partial charge in [0.2, 0.25) is 5.71 Å². The summed E-state index contributed by atoms with van der Waals surface area (Å²) < 4.78 is 6.26. The summed E-state index contributed by atoms with van der Waals surface area (Å²) in [6, 6.07) is 51.6. The quantitative estimate of drug-likeness (QED) is 0.214. The number of furan rings is 1. The average Bonchev–Trinajstić information content (AvgIpc) is 3.47. The number of nitrogens with zero attached hydrogens (tertiary/aromatic N) is 3. The van der Waals surface area contributed by atoms with Crippen molar-refractivity contribution in [2.24, 2.45) is 0 Å². The molecule has 8 aromatic rings. The highest BCUT2D eigenvalue weighted by Crippen LogP contribution is 2.37. The molecule has 0 aliphatic rings. The first-order valence-electron chi connectivity index (χ1n) is 14.3. The minimum Gasteiger partial charge on any atom is -0.438 e. The van der Waals surface area contributed by atoms with E-state index in [1.54, 1.807) is 0 Å². The first-order valence-corrected chi connectivity index (χ1v) is 14.3. The zero-order valence-electron chi connectivity index (χ0n) is 23.2. The fraction of sp³-hybridized carbons (Fsp3) is 0. The van der Waals surface area contributed by atoms with Crippen molar-refractivity contribution in [3.05, 3.63) is 152 Å². The van der Waals surface area contributed by atoms with Crippen LogP contribution in [0, 0.1) is 0 Å². The van der Waals surface area contributed by atoms with Gasteiger partial charge in [-0.3, -0.25) is 0 Å². The SMILES string of the molecule is c1ccc(-c2cc(-c3ccccc3)nc(-c3cccc(-c4nc(-c5ccccc5)c5c(n4)oc4ccccc45)c3)c2)cc1. The molecule has 4 heteroatoms. The Bertz CT molecular complexity index is 2170. The van der Waals surface area contributed by atoms with E-state index in [9.17, 15) is 0 Å². The summed E-state index contributed by atoms with van der Waals surface area (Å²) in [5.41, 5.74) is 10.3. The van der Waals surface area contributed by atoms with Gasteiger partial charge in [0, 0.05) is 27.6 Å². The van der Waals surface area contributed by atoms with Gasteiger partial charge in [-0.05, 0) is 35.4 Å².